The summed E-state index contributed by atoms with van der Waals surface area (Å²) in [5.74, 6) is -0.547. The minimum Gasteiger partial charge on any atom is -0.497 e. The number of ether oxygens (including phenoxy) is 3. The molecule has 4 atom stereocenters. The van der Waals surface area contributed by atoms with E-state index < -0.39 is 36.2 Å². The molecule has 0 heterocycles. The summed E-state index contributed by atoms with van der Waals surface area (Å²) in [6.07, 6.45) is 1.18. The van der Waals surface area contributed by atoms with Crippen LogP contribution in [0.5, 0.6) is 17.2 Å². The van der Waals surface area contributed by atoms with Crippen molar-refractivity contribution in [2.24, 2.45) is 28.9 Å². The van der Waals surface area contributed by atoms with Crippen LogP contribution in [0.3, 0.4) is 0 Å². The van der Waals surface area contributed by atoms with Gasteiger partial charge in [0.1, 0.15) is 35.6 Å². The molecule has 0 aliphatic heterocycles. The fraction of sp³-hybridized carbons (Fsp3) is 0.439. The summed E-state index contributed by atoms with van der Waals surface area (Å²) in [6, 6.07) is 17.3. The molecule has 0 aliphatic carbocycles. The van der Waals surface area contributed by atoms with Gasteiger partial charge in [0.25, 0.3) is 5.91 Å². The summed E-state index contributed by atoms with van der Waals surface area (Å²) >= 11 is 0. The van der Waals surface area contributed by atoms with Gasteiger partial charge in [-0.2, -0.15) is 0 Å². The first-order valence-electron chi connectivity index (χ1n) is 19.2. The second-order valence-corrected chi connectivity index (χ2v) is 14.0. The van der Waals surface area contributed by atoms with Crippen LogP contribution in [0.1, 0.15) is 67.8 Å². The zero-order chi connectivity index (χ0) is 42.6. The highest BCUT2D eigenvalue weighted by Gasteiger charge is 2.29. The van der Waals surface area contributed by atoms with Crippen LogP contribution < -0.4 is 68.7 Å². The van der Waals surface area contributed by atoms with Crippen molar-refractivity contribution >= 4 is 29.6 Å². The van der Waals surface area contributed by atoms with Gasteiger partial charge in [0, 0.05) is 24.1 Å². The minimum atomic E-state index is -1.02. The second-order valence-electron chi connectivity index (χ2n) is 14.0. The van der Waals surface area contributed by atoms with Crippen molar-refractivity contribution in [3.05, 3.63) is 89.0 Å². The number of carbonyl (C=O) groups excluding carboxylic acids is 4. The maximum absolute atomic E-state index is 14.2. The molecule has 0 spiro atoms. The Morgan fingerprint density at radius 1 is 0.776 bits per heavy atom. The van der Waals surface area contributed by atoms with Crippen molar-refractivity contribution in [2.75, 3.05) is 33.9 Å². The lowest BCUT2D eigenvalue weighted by atomic mass is 9.96. The monoisotopic (exact) mass is 805 g/mol. The van der Waals surface area contributed by atoms with E-state index in [2.05, 4.69) is 31.6 Å². The van der Waals surface area contributed by atoms with Gasteiger partial charge in [-0.15, -0.1) is 0 Å². The smallest absolute Gasteiger partial charge is 0.338 e. The van der Waals surface area contributed by atoms with Gasteiger partial charge >= 0.3 is 5.96 Å². The zero-order valence-electron chi connectivity index (χ0n) is 34.1. The SMILES string of the molecule is COc1ccc(C(NC(=O)C(CCC[NH+]=C(N)N)NC(=O)C(C)NC(=O)C(C)CCCNC(N)N)c2ccc(OCC(=O)NCc3ccc(C)cc3)cc2)c(OC)c1. The topological polar surface area (TPSA) is 274 Å². The Bertz CT molecular complexity index is 1800. The quantitative estimate of drug-likeness (QED) is 0.0232. The molecule has 17 heteroatoms. The van der Waals surface area contributed by atoms with Crippen LogP contribution >= 0.6 is 0 Å². The highest BCUT2D eigenvalue weighted by molar-refractivity contribution is 5.92. The highest BCUT2D eigenvalue weighted by Crippen LogP contribution is 2.34. The van der Waals surface area contributed by atoms with Gasteiger partial charge in [0.2, 0.25) is 17.7 Å². The van der Waals surface area contributed by atoms with Crippen LogP contribution in [0.4, 0.5) is 0 Å². The molecule has 14 N–H and O–H groups in total. The molecule has 0 aliphatic rings. The standard InChI is InChI=1S/C41H60N10O7/c1-25-10-12-28(13-11-25)23-48-35(52)24-58-30-16-14-29(15-17-30)36(32-19-18-31(56-4)22-34(32)57-5)51-39(55)33(9-7-21-47-41(44)45)50-38(54)27(3)49-37(53)26(2)8-6-20-46-40(42)43/h10-19,22,26-27,33,36,40,46H,6-9,20-21,23-24,42-43H2,1-5H3,(H,48,52)(H,49,53)(H,50,54)(H,51,55)(H4,44,45,47)/p+1. The fourth-order valence-electron chi connectivity index (χ4n) is 5.84. The molecule has 0 bridgehead atoms. The van der Waals surface area contributed by atoms with Gasteiger partial charge in [0.15, 0.2) is 6.61 Å². The molecule has 3 aromatic carbocycles. The summed E-state index contributed by atoms with van der Waals surface area (Å²) in [4.78, 5) is 56.0. The van der Waals surface area contributed by atoms with Crippen LogP contribution in [0, 0.1) is 12.8 Å². The molecule has 0 saturated heterocycles. The fourth-order valence-corrected chi connectivity index (χ4v) is 5.84. The van der Waals surface area contributed by atoms with Crippen LogP contribution in [0.2, 0.25) is 0 Å². The Hall–Kier alpha value is -5.91. The summed E-state index contributed by atoms with van der Waals surface area (Å²) in [5, 5.41) is 14.4. The normalized spacial score (nSPS) is 13.0. The summed E-state index contributed by atoms with van der Waals surface area (Å²) in [7, 11) is 3.05. The average Bonchev–Trinajstić information content (AvgIpc) is 3.21. The number of methoxy groups -OCH3 is 2. The number of amides is 4. The maximum Gasteiger partial charge on any atom is 0.338 e. The first kappa shape index (κ1) is 46.5. The number of nitrogens with two attached hydrogens (primary N) is 4. The van der Waals surface area contributed by atoms with Crippen LogP contribution in [0.25, 0.3) is 0 Å². The van der Waals surface area contributed by atoms with Crippen molar-refractivity contribution in [3.8, 4) is 17.2 Å². The number of guanidine groups is 1. The Morgan fingerprint density at radius 3 is 2.10 bits per heavy atom. The molecule has 0 saturated carbocycles. The molecular formula is C41H61N10O7+. The summed E-state index contributed by atoms with van der Waals surface area (Å²) in [5.41, 5.74) is 25.5. The third-order valence-electron chi connectivity index (χ3n) is 9.26. The highest BCUT2D eigenvalue weighted by atomic mass is 16.5. The molecule has 0 aromatic heterocycles. The van der Waals surface area contributed by atoms with Crippen LogP contribution in [-0.2, 0) is 25.7 Å². The Balaban J connectivity index is 1.79. The Morgan fingerprint density at radius 2 is 1.47 bits per heavy atom. The molecule has 0 radical (unpaired) electrons. The van der Waals surface area contributed by atoms with Gasteiger partial charge in [-0.3, -0.25) is 41.0 Å². The largest absolute Gasteiger partial charge is 0.497 e. The van der Waals surface area contributed by atoms with Gasteiger partial charge in [-0.1, -0.05) is 48.9 Å². The molecule has 316 valence electrons. The van der Waals surface area contributed by atoms with E-state index in [4.69, 9.17) is 37.1 Å². The number of aryl methyl sites for hydroxylation is 1. The van der Waals surface area contributed by atoms with Crippen molar-refractivity contribution in [2.45, 2.75) is 77.4 Å². The van der Waals surface area contributed by atoms with E-state index in [0.717, 1.165) is 11.1 Å². The molecule has 17 nitrogen and oxygen atoms in total. The van der Waals surface area contributed by atoms with Crippen molar-refractivity contribution in [3.63, 3.8) is 0 Å². The Kier molecular flexibility index (Phi) is 19.2. The predicted octanol–water partition coefficient (Wildman–Crippen LogP) is -0.756. The molecule has 0 fully saturated rings. The second kappa shape index (κ2) is 24.0. The van der Waals surface area contributed by atoms with Crippen LogP contribution in [0.15, 0.2) is 66.7 Å². The van der Waals surface area contributed by atoms with E-state index in [1.807, 2.05) is 31.2 Å². The number of benzene rings is 3. The minimum absolute atomic E-state index is 0.0270. The van der Waals surface area contributed by atoms with E-state index in [9.17, 15) is 19.2 Å². The predicted molar refractivity (Wildman–Crippen MR) is 221 cm³/mol. The van der Waals surface area contributed by atoms with Gasteiger partial charge in [-0.25, -0.2) is 0 Å². The first-order valence-corrected chi connectivity index (χ1v) is 19.2. The van der Waals surface area contributed by atoms with E-state index in [1.54, 1.807) is 56.3 Å². The van der Waals surface area contributed by atoms with Crippen molar-refractivity contribution < 1.29 is 38.4 Å². The van der Waals surface area contributed by atoms with Gasteiger partial charge in [-0.05, 0) is 81.5 Å². The molecule has 4 amide bonds. The average molecular weight is 806 g/mol. The van der Waals surface area contributed by atoms with Crippen molar-refractivity contribution in [1.82, 2.24) is 26.6 Å². The molecule has 3 rings (SSSR count). The molecule has 3 aromatic rings. The lowest BCUT2D eigenvalue weighted by molar-refractivity contribution is -0.459. The Labute approximate surface area is 340 Å². The summed E-state index contributed by atoms with van der Waals surface area (Å²) < 4.78 is 16.9. The number of hydrogen-bond acceptors (Lipinski definition) is 10. The lowest BCUT2D eigenvalue weighted by Gasteiger charge is -2.27. The number of rotatable bonds is 24. The number of carbonyl (C=O) groups is 4. The molecular weight excluding hydrogens is 745 g/mol. The van der Waals surface area contributed by atoms with Crippen LogP contribution in [-0.4, -0.2) is 81.9 Å². The van der Waals surface area contributed by atoms with Gasteiger partial charge < -0.3 is 46.9 Å². The lowest BCUT2D eigenvalue weighted by Crippen LogP contribution is -2.78. The number of nitrogens with one attached hydrogen (secondary N) is 6. The number of hydrogen-bond donors (Lipinski definition) is 10. The van der Waals surface area contributed by atoms with Crippen molar-refractivity contribution in [1.29, 1.82) is 0 Å². The molecule has 58 heavy (non-hydrogen) atoms. The molecule has 4 unspecified atom stereocenters. The van der Waals surface area contributed by atoms with E-state index in [1.165, 1.54) is 14.2 Å². The summed E-state index contributed by atoms with van der Waals surface area (Å²) in [6.45, 7) is 6.39. The van der Waals surface area contributed by atoms with E-state index in [-0.39, 0.29) is 36.7 Å². The third kappa shape index (κ3) is 15.9. The third-order valence-corrected chi connectivity index (χ3v) is 9.26. The first-order chi connectivity index (χ1) is 27.7. The zero-order valence-corrected chi connectivity index (χ0v) is 34.1. The van der Waals surface area contributed by atoms with E-state index >= 15 is 0 Å². The van der Waals surface area contributed by atoms with Gasteiger partial charge in [0.05, 0.1) is 26.8 Å². The maximum atomic E-state index is 14.2. The van der Waals surface area contributed by atoms with E-state index in [0.29, 0.717) is 67.3 Å².